The lowest BCUT2D eigenvalue weighted by Gasteiger charge is -2.17. The third kappa shape index (κ3) is 5.62. The average molecular weight is 355 g/mol. The molecular weight excluding hydrogens is 334 g/mol. The number of rotatable bonds is 7. The summed E-state index contributed by atoms with van der Waals surface area (Å²) in [6.45, 7) is 1.50. The first kappa shape index (κ1) is 19.0. The van der Waals surface area contributed by atoms with Crippen LogP contribution in [0.15, 0.2) is 54.6 Å². The number of anilines is 1. The van der Waals surface area contributed by atoms with Gasteiger partial charge >= 0.3 is 0 Å². The molecule has 0 radical (unpaired) electrons. The lowest BCUT2D eigenvalue weighted by Crippen LogP contribution is -2.52. The molecule has 3 amide bonds. The Morgan fingerprint density at radius 2 is 1.62 bits per heavy atom. The van der Waals surface area contributed by atoms with Crippen molar-refractivity contribution in [2.75, 3.05) is 12.4 Å². The van der Waals surface area contributed by atoms with Crippen molar-refractivity contribution in [3.63, 3.8) is 0 Å². The average Bonchev–Trinajstić information content (AvgIpc) is 2.65. The van der Waals surface area contributed by atoms with E-state index in [1.165, 1.54) is 14.0 Å². The van der Waals surface area contributed by atoms with Gasteiger partial charge in [0.15, 0.2) is 6.04 Å². The molecule has 136 valence electrons. The number of carbonyl (C=O) groups is 3. The maximum atomic E-state index is 12.4. The number of hydrogen-bond donors (Lipinski definition) is 3. The number of ether oxygens (including phenoxy) is 1. The van der Waals surface area contributed by atoms with Gasteiger partial charge in [0.25, 0.3) is 11.8 Å². The molecule has 3 N–H and O–H groups in total. The summed E-state index contributed by atoms with van der Waals surface area (Å²) in [7, 11) is 1.54. The van der Waals surface area contributed by atoms with Gasteiger partial charge in [0.05, 0.1) is 7.11 Å². The van der Waals surface area contributed by atoms with Crippen molar-refractivity contribution in [1.82, 2.24) is 10.6 Å². The van der Waals surface area contributed by atoms with Gasteiger partial charge in [-0.15, -0.1) is 0 Å². The predicted octanol–water partition coefficient (Wildman–Crippen LogP) is 1.45. The number of nitrogens with one attached hydrogen (secondary N) is 3. The summed E-state index contributed by atoms with van der Waals surface area (Å²) in [6, 6.07) is 14.6. The molecule has 0 aromatic heterocycles. The van der Waals surface area contributed by atoms with Gasteiger partial charge in [-0.05, 0) is 29.8 Å². The first-order chi connectivity index (χ1) is 12.5. The molecule has 2 aromatic carbocycles. The molecule has 7 nitrogen and oxygen atoms in total. The van der Waals surface area contributed by atoms with Crippen LogP contribution < -0.4 is 20.7 Å². The van der Waals surface area contributed by atoms with Crippen molar-refractivity contribution in [2.24, 2.45) is 0 Å². The second-order valence-corrected chi connectivity index (χ2v) is 5.55. The molecule has 7 heteroatoms. The molecule has 2 rings (SSSR count). The third-order valence-electron chi connectivity index (χ3n) is 3.54. The molecule has 0 saturated carbocycles. The Morgan fingerprint density at radius 3 is 2.19 bits per heavy atom. The van der Waals surface area contributed by atoms with E-state index in [1.54, 1.807) is 24.3 Å². The van der Waals surface area contributed by atoms with Crippen molar-refractivity contribution in [1.29, 1.82) is 0 Å². The number of carbonyl (C=O) groups excluding carboxylic acids is 3. The maximum absolute atomic E-state index is 12.4. The van der Waals surface area contributed by atoms with Crippen molar-refractivity contribution in [2.45, 2.75) is 19.5 Å². The van der Waals surface area contributed by atoms with Crippen LogP contribution in [-0.2, 0) is 20.9 Å². The lowest BCUT2D eigenvalue weighted by atomic mass is 10.2. The molecule has 0 unspecified atom stereocenters. The van der Waals surface area contributed by atoms with Crippen LogP contribution >= 0.6 is 0 Å². The van der Waals surface area contributed by atoms with Gasteiger partial charge in [0.2, 0.25) is 5.91 Å². The molecule has 0 aliphatic rings. The number of amides is 3. The van der Waals surface area contributed by atoms with Gasteiger partial charge in [-0.3, -0.25) is 14.4 Å². The number of hydrogen-bond acceptors (Lipinski definition) is 4. The molecule has 1 atom stereocenters. The molecule has 0 fully saturated rings. The zero-order valence-corrected chi connectivity index (χ0v) is 14.6. The van der Waals surface area contributed by atoms with E-state index in [9.17, 15) is 14.4 Å². The van der Waals surface area contributed by atoms with E-state index in [0.29, 0.717) is 11.4 Å². The van der Waals surface area contributed by atoms with E-state index >= 15 is 0 Å². The summed E-state index contributed by atoms with van der Waals surface area (Å²) < 4.78 is 5.05. The standard InChI is InChI=1S/C19H21N3O4/c1-13(23)21-17(18(24)20-12-14-6-4-3-5-7-14)19(25)22-15-8-10-16(26-2)11-9-15/h3-11,17H,12H2,1-2H3,(H,20,24)(H,21,23)(H,22,25)/t17-/m1/s1. The minimum Gasteiger partial charge on any atom is -0.497 e. The van der Waals surface area contributed by atoms with E-state index in [4.69, 9.17) is 4.74 Å². The fraction of sp³-hybridized carbons (Fsp3) is 0.211. The number of benzene rings is 2. The van der Waals surface area contributed by atoms with Crippen molar-refractivity contribution < 1.29 is 19.1 Å². The van der Waals surface area contributed by atoms with Gasteiger partial charge in [-0.1, -0.05) is 30.3 Å². The zero-order chi connectivity index (χ0) is 18.9. The van der Waals surface area contributed by atoms with Crippen LogP contribution in [0, 0.1) is 0 Å². The van der Waals surface area contributed by atoms with Crippen molar-refractivity contribution >= 4 is 23.4 Å². The monoisotopic (exact) mass is 355 g/mol. The van der Waals surface area contributed by atoms with Crippen LogP contribution in [0.25, 0.3) is 0 Å². The Morgan fingerprint density at radius 1 is 0.962 bits per heavy atom. The summed E-state index contributed by atoms with van der Waals surface area (Å²) in [4.78, 5) is 36.2. The molecule has 26 heavy (non-hydrogen) atoms. The molecule has 0 aliphatic carbocycles. The smallest absolute Gasteiger partial charge is 0.256 e. The van der Waals surface area contributed by atoms with E-state index < -0.39 is 23.8 Å². The topological polar surface area (TPSA) is 96.5 Å². The summed E-state index contributed by atoms with van der Waals surface area (Å²) in [5.41, 5.74) is 1.37. The molecular formula is C19H21N3O4. The van der Waals surface area contributed by atoms with Crippen molar-refractivity contribution in [3.05, 3.63) is 60.2 Å². The van der Waals surface area contributed by atoms with Crippen LogP contribution in [0.2, 0.25) is 0 Å². The third-order valence-corrected chi connectivity index (χ3v) is 3.54. The van der Waals surface area contributed by atoms with E-state index in [2.05, 4.69) is 16.0 Å². The highest BCUT2D eigenvalue weighted by molar-refractivity contribution is 6.11. The number of methoxy groups -OCH3 is 1. The molecule has 0 saturated heterocycles. The van der Waals surface area contributed by atoms with Gasteiger partial charge in [-0.25, -0.2) is 0 Å². The first-order valence-corrected chi connectivity index (χ1v) is 8.03. The van der Waals surface area contributed by atoms with Gasteiger partial charge in [-0.2, -0.15) is 0 Å². The lowest BCUT2D eigenvalue weighted by molar-refractivity contribution is -0.134. The highest BCUT2D eigenvalue weighted by Gasteiger charge is 2.27. The molecule has 0 spiro atoms. The molecule has 0 heterocycles. The summed E-state index contributed by atoms with van der Waals surface area (Å²) in [5.74, 6) is -1.05. The molecule has 0 bridgehead atoms. The zero-order valence-electron chi connectivity index (χ0n) is 14.6. The highest BCUT2D eigenvalue weighted by atomic mass is 16.5. The second kappa shape index (κ2) is 9.22. The molecule has 0 aliphatic heterocycles. The quantitative estimate of drug-likeness (QED) is 0.655. The Bertz CT molecular complexity index is 760. The Kier molecular flexibility index (Phi) is 6.73. The maximum Gasteiger partial charge on any atom is 0.256 e. The van der Waals surface area contributed by atoms with Crippen molar-refractivity contribution in [3.8, 4) is 5.75 Å². The van der Waals surface area contributed by atoms with Gasteiger partial charge < -0.3 is 20.7 Å². The Labute approximate surface area is 151 Å². The van der Waals surface area contributed by atoms with Crippen LogP contribution in [0.1, 0.15) is 12.5 Å². The fourth-order valence-electron chi connectivity index (χ4n) is 2.23. The highest BCUT2D eigenvalue weighted by Crippen LogP contribution is 2.15. The summed E-state index contributed by atoms with van der Waals surface area (Å²) in [6.07, 6.45) is 0. The van der Waals surface area contributed by atoms with E-state index in [-0.39, 0.29) is 6.54 Å². The van der Waals surface area contributed by atoms with Gasteiger partial charge in [0, 0.05) is 19.2 Å². The fourth-order valence-corrected chi connectivity index (χ4v) is 2.23. The van der Waals surface area contributed by atoms with Gasteiger partial charge in [0.1, 0.15) is 5.75 Å². The predicted molar refractivity (Wildman–Crippen MR) is 97.5 cm³/mol. The van der Waals surface area contributed by atoms with E-state index in [0.717, 1.165) is 5.56 Å². The van der Waals surface area contributed by atoms with Crippen LogP contribution in [0.5, 0.6) is 5.75 Å². The summed E-state index contributed by atoms with van der Waals surface area (Å²) in [5, 5.41) is 7.63. The molecule has 2 aromatic rings. The van der Waals surface area contributed by atoms with Crippen LogP contribution in [0.3, 0.4) is 0 Å². The van der Waals surface area contributed by atoms with E-state index in [1.807, 2.05) is 30.3 Å². The van der Waals surface area contributed by atoms with Crippen LogP contribution in [0.4, 0.5) is 5.69 Å². The normalized spacial score (nSPS) is 11.2. The minimum absolute atomic E-state index is 0.256. The second-order valence-electron chi connectivity index (χ2n) is 5.55. The first-order valence-electron chi connectivity index (χ1n) is 8.03. The summed E-state index contributed by atoms with van der Waals surface area (Å²) >= 11 is 0. The van der Waals surface area contributed by atoms with Crippen LogP contribution in [-0.4, -0.2) is 30.9 Å². The minimum atomic E-state index is -1.33. The largest absolute Gasteiger partial charge is 0.497 e. The Hall–Kier alpha value is -3.35. The SMILES string of the molecule is COc1ccc(NC(=O)[C@H](NC(C)=O)C(=O)NCc2ccccc2)cc1. The Balaban J connectivity index is 2.02.